The fourth-order valence-electron chi connectivity index (χ4n) is 1.09. The van der Waals surface area contributed by atoms with Crippen LogP contribution in [-0.2, 0) is 11.2 Å². The second-order valence-corrected chi connectivity index (χ2v) is 2.63. The standard InChI is InChI=1S/C11H14O/c1-2-12-10-6-9-11-7-4-3-5-8-11/h2-5,7-8H,1,6,9-10H2. The van der Waals surface area contributed by atoms with Crippen LogP contribution in [0, 0.1) is 0 Å². The van der Waals surface area contributed by atoms with E-state index in [1.165, 1.54) is 11.8 Å². The van der Waals surface area contributed by atoms with Crippen LogP contribution < -0.4 is 0 Å². The Kier molecular flexibility index (Phi) is 4.00. The first-order valence-electron chi connectivity index (χ1n) is 4.20. The zero-order chi connectivity index (χ0) is 8.65. The smallest absolute Gasteiger partial charge is 0.0876 e. The third-order valence-corrected chi connectivity index (χ3v) is 1.69. The molecular weight excluding hydrogens is 148 g/mol. The van der Waals surface area contributed by atoms with Gasteiger partial charge in [-0.3, -0.25) is 0 Å². The molecule has 1 nitrogen and oxygen atoms in total. The predicted octanol–water partition coefficient (Wildman–Crippen LogP) is 2.78. The molecule has 0 aromatic heterocycles. The van der Waals surface area contributed by atoms with Gasteiger partial charge in [0, 0.05) is 0 Å². The number of benzene rings is 1. The average molecular weight is 162 g/mol. The Labute approximate surface area is 73.7 Å². The molecule has 0 aliphatic heterocycles. The quantitative estimate of drug-likeness (QED) is 0.478. The highest BCUT2D eigenvalue weighted by Crippen LogP contribution is 2.01. The van der Waals surface area contributed by atoms with E-state index in [9.17, 15) is 0 Å². The van der Waals surface area contributed by atoms with Gasteiger partial charge in [-0.05, 0) is 18.4 Å². The molecule has 0 heterocycles. The van der Waals surface area contributed by atoms with E-state index in [0.29, 0.717) is 0 Å². The Morgan fingerprint density at radius 3 is 2.67 bits per heavy atom. The van der Waals surface area contributed by atoms with Crippen molar-refractivity contribution in [3.63, 3.8) is 0 Å². The Bertz CT molecular complexity index is 216. The van der Waals surface area contributed by atoms with Crippen LogP contribution in [0.1, 0.15) is 12.0 Å². The third-order valence-electron chi connectivity index (χ3n) is 1.69. The lowest BCUT2D eigenvalue weighted by Gasteiger charge is -2.00. The number of hydrogen-bond acceptors (Lipinski definition) is 1. The summed E-state index contributed by atoms with van der Waals surface area (Å²) in [5.74, 6) is 0. The van der Waals surface area contributed by atoms with E-state index in [1.807, 2.05) is 6.07 Å². The van der Waals surface area contributed by atoms with E-state index in [-0.39, 0.29) is 0 Å². The van der Waals surface area contributed by atoms with Gasteiger partial charge in [0.05, 0.1) is 12.9 Å². The first kappa shape index (κ1) is 8.85. The summed E-state index contributed by atoms with van der Waals surface area (Å²) >= 11 is 0. The molecule has 0 saturated heterocycles. The highest BCUT2D eigenvalue weighted by Gasteiger charge is 1.90. The van der Waals surface area contributed by atoms with E-state index in [0.717, 1.165) is 19.4 Å². The van der Waals surface area contributed by atoms with Crippen LogP contribution in [-0.4, -0.2) is 6.61 Å². The maximum atomic E-state index is 5.02. The first-order chi connectivity index (χ1) is 5.93. The SMILES string of the molecule is C=COCCCc1ccccc1. The molecule has 1 heteroatoms. The zero-order valence-corrected chi connectivity index (χ0v) is 7.20. The van der Waals surface area contributed by atoms with E-state index in [2.05, 4.69) is 30.8 Å². The summed E-state index contributed by atoms with van der Waals surface area (Å²) in [4.78, 5) is 0. The van der Waals surface area contributed by atoms with Crippen LogP contribution in [0.15, 0.2) is 43.2 Å². The molecule has 0 saturated carbocycles. The molecule has 0 bridgehead atoms. The molecule has 1 aromatic rings. The van der Waals surface area contributed by atoms with Crippen molar-refractivity contribution in [2.24, 2.45) is 0 Å². The van der Waals surface area contributed by atoms with Crippen LogP contribution in [0.5, 0.6) is 0 Å². The van der Waals surface area contributed by atoms with Gasteiger partial charge in [-0.1, -0.05) is 36.9 Å². The first-order valence-corrected chi connectivity index (χ1v) is 4.20. The van der Waals surface area contributed by atoms with Gasteiger partial charge in [-0.15, -0.1) is 0 Å². The fraction of sp³-hybridized carbons (Fsp3) is 0.273. The van der Waals surface area contributed by atoms with Crippen LogP contribution >= 0.6 is 0 Å². The van der Waals surface area contributed by atoms with Crippen LogP contribution in [0.25, 0.3) is 0 Å². The van der Waals surface area contributed by atoms with Crippen molar-refractivity contribution in [3.05, 3.63) is 48.7 Å². The highest BCUT2D eigenvalue weighted by atomic mass is 16.5. The molecule has 1 aromatic carbocycles. The molecular formula is C11H14O. The molecule has 0 fully saturated rings. The minimum absolute atomic E-state index is 0.762. The molecule has 0 radical (unpaired) electrons. The topological polar surface area (TPSA) is 9.23 Å². The summed E-state index contributed by atoms with van der Waals surface area (Å²) in [6.45, 7) is 4.25. The van der Waals surface area contributed by atoms with Gasteiger partial charge in [0.2, 0.25) is 0 Å². The summed E-state index contributed by atoms with van der Waals surface area (Å²) in [6.07, 6.45) is 3.62. The van der Waals surface area contributed by atoms with Gasteiger partial charge < -0.3 is 4.74 Å². The normalized spacial score (nSPS) is 9.33. The monoisotopic (exact) mass is 162 g/mol. The number of ether oxygens (including phenoxy) is 1. The molecule has 0 atom stereocenters. The number of rotatable bonds is 5. The zero-order valence-electron chi connectivity index (χ0n) is 7.20. The molecule has 0 spiro atoms. The van der Waals surface area contributed by atoms with Crippen molar-refractivity contribution in [3.8, 4) is 0 Å². The van der Waals surface area contributed by atoms with Crippen molar-refractivity contribution in [2.45, 2.75) is 12.8 Å². The van der Waals surface area contributed by atoms with Gasteiger partial charge in [0.15, 0.2) is 0 Å². The van der Waals surface area contributed by atoms with Gasteiger partial charge in [0.25, 0.3) is 0 Å². The maximum Gasteiger partial charge on any atom is 0.0876 e. The van der Waals surface area contributed by atoms with Crippen molar-refractivity contribution in [1.29, 1.82) is 0 Å². The lowest BCUT2D eigenvalue weighted by molar-refractivity contribution is 0.246. The predicted molar refractivity (Wildman–Crippen MR) is 50.9 cm³/mol. The lowest BCUT2D eigenvalue weighted by Crippen LogP contribution is -1.91. The van der Waals surface area contributed by atoms with Crippen LogP contribution in [0.2, 0.25) is 0 Å². The molecule has 1 rings (SSSR count). The van der Waals surface area contributed by atoms with E-state index >= 15 is 0 Å². The molecule has 0 amide bonds. The number of aryl methyl sites for hydroxylation is 1. The summed E-state index contributed by atoms with van der Waals surface area (Å²) in [7, 11) is 0. The van der Waals surface area contributed by atoms with Gasteiger partial charge in [-0.25, -0.2) is 0 Å². The second kappa shape index (κ2) is 5.42. The Hall–Kier alpha value is -1.24. The Morgan fingerprint density at radius 1 is 1.25 bits per heavy atom. The number of hydrogen-bond donors (Lipinski definition) is 0. The molecule has 0 N–H and O–H groups in total. The summed E-state index contributed by atoms with van der Waals surface area (Å²) < 4.78 is 5.02. The van der Waals surface area contributed by atoms with Gasteiger partial charge in [-0.2, -0.15) is 0 Å². The largest absolute Gasteiger partial charge is 0.502 e. The van der Waals surface area contributed by atoms with Crippen LogP contribution in [0.3, 0.4) is 0 Å². The van der Waals surface area contributed by atoms with Gasteiger partial charge in [0.1, 0.15) is 0 Å². The molecule has 64 valence electrons. The molecule has 0 unspecified atom stereocenters. The summed E-state index contributed by atoms with van der Waals surface area (Å²) in [5, 5.41) is 0. The van der Waals surface area contributed by atoms with Crippen LogP contribution in [0.4, 0.5) is 0 Å². The summed E-state index contributed by atoms with van der Waals surface area (Å²) in [5.41, 5.74) is 1.37. The van der Waals surface area contributed by atoms with E-state index in [4.69, 9.17) is 4.74 Å². The molecule has 12 heavy (non-hydrogen) atoms. The third kappa shape index (κ3) is 3.24. The average Bonchev–Trinajstić information content (AvgIpc) is 2.14. The Morgan fingerprint density at radius 2 is 2.00 bits per heavy atom. The highest BCUT2D eigenvalue weighted by molar-refractivity contribution is 5.14. The second-order valence-electron chi connectivity index (χ2n) is 2.63. The minimum atomic E-state index is 0.762. The minimum Gasteiger partial charge on any atom is -0.502 e. The van der Waals surface area contributed by atoms with E-state index in [1.54, 1.807) is 0 Å². The lowest BCUT2D eigenvalue weighted by atomic mass is 10.1. The molecule has 0 aliphatic rings. The molecule has 0 aliphatic carbocycles. The summed E-state index contributed by atoms with van der Waals surface area (Å²) in [6, 6.07) is 10.4. The maximum absolute atomic E-state index is 5.02. The Balaban J connectivity index is 2.20. The van der Waals surface area contributed by atoms with Crippen molar-refractivity contribution >= 4 is 0 Å². The van der Waals surface area contributed by atoms with E-state index < -0.39 is 0 Å². The van der Waals surface area contributed by atoms with Crippen molar-refractivity contribution < 1.29 is 4.74 Å². The fourth-order valence-corrected chi connectivity index (χ4v) is 1.09. The van der Waals surface area contributed by atoms with Crippen molar-refractivity contribution in [2.75, 3.05) is 6.61 Å². The van der Waals surface area contributed by atoms with Gasteiger partial charge >= 0.3 is 0 Å². The van der Waals surface area contributed by atoms with Crippen molar-refractivity contribution in [1.82, 2.24) is 0 Å².